The van der Waals surface area contributed by atoms with E-state index in [1.165, 1.54) is 0 Å². The average Bonchev–Trinajstić information content (AvgIpc) is 2.61. The summed E-state index contributed by atoms with van der Waals surface area (Å²) in [6, 6.07) is 15.2. The van der Waals surface area contributed by atoms with Crippen LogP contribution < -0.4 is 15.6 Å². The minimum Gasteiger partial charge on any atom is -0.493 e. The number of para-hydroxylation sites is 1. The number of benzene rings is 2. The Balaban J connectivity index is 1.59. The Hall–Kier alpha value is -3.08. The quantitative estimate of drug-likeness (QED) is 0.717. The highest BCUT2D eigenvalue weighted by Gasteiger charge is 2.08. The topological polar surface area (TPSA) is 71.2 Å². The molecule has 2 N–H and O–H groups in total. The Morgan fingerprint density at radius 1 is 1.12 bits per heavy atom. The molecule has 1 heterocycles. The van der Waals surface area contributed by atoms with Crippen molar-refractivity contribution in [3.8, 4) is 5.75 Å². The second-order valence-electron chi connectivity index (χ2n) is 6.35. The summed E-state index contributed by atoms with van der Waals surface area (Å²) in [6.07, 6.45) is 0.235. The third kappa shape index (κ3) is 4.30. The predicted molar refractivity (Wildman–Crippen MR) is 102 cm³/mol. The van der Waals surface area contributed by atoms with Gasteiger partial charge < -0.3 is 15.0 Å². The summed E-state index contributed by atoms with van der Waals surface area (Å²) < 4.78 is 5.51. The van der Waals surface area contributed by atoms with Crippen molar-refractivity contribution in [2.45, 2.75) is 26.8 Å². The third-order valence-electron chi connectivity index (χ3n) is 4.21. The van der Waals surface area contributed by atoms with Crippen LogP contribution in [0.4, 0.5) is 0 Å². The molecule has 0 aliphatic rings. The van der Waals surface area contributed by atoms with Crippen molar-refractivity contribution in [1.82, 2.24) is 10.3 Å². The maximum absolute atomic E-state index is 12.2. The lowest BCUT2D eigenvalue weighted by molar-refractivity contribution is -0.121. The molecule has 0 bridgehead atoms. The Kier molecular flexibility index (Phi) is 5.37. The number of carbonyl (C=O) groups excluding carboxylic acids is 1. The van der Waals surface area contributed by atoms with E-state index in [2.05, 4.69) is 16.4 Å². The van der Waals surface area contributed by atoms with Crippen molar-refractivity contribution in [2.24, 2.45) is 0 Å². The number of H-pyrrole nitrogens is 1. The summed E-state index contributed by atoms with van der Waals surface area (Å²) >= 11 is 0. The van der Waals surface area contributed by atoms with Gasteiger partial charge in [0, 0.05) is 23.0 Å². The number of amides is 1. The summed E-state index contributed by atoms with van der Waals surface area (Å²) in [4.78, 5) is 27.1. The minimum atomic E-state index is -0.177. The van der Waals surface area contributed by atoms with Crippen LogP contribution in [0.15, 0.2) is 53.3 Å². The molecule has 0 saturated heterocycles. The van der Waals surface area contributed by atoms with E-state index in [1.54, 1.807) is 0 Å². The maximum Gasteiger partial charge on any atom is 0.253 e. The number of aromatic amines is 1. The van der Waals surface area contributed by atoms with Crippen molar-refractivity contribution >= 4 is 16.8 Å². The zero-order chi connectivity index (χ0) is 18.5. The number of carbonyl (C=O) groups is 1. The third-order valence-corrected chi connectivity index (χ3v) is 4.21. The molecule has 2 aromatic carbocycles. The van der Waals surface area contributed by atoms with Gasteiger partial charge in [0.25, 0.3) is 5.56 Å². The Bertz CT molecular complexity index is 978. The Labute approximate surface area is 152 Å². The molecule has 0 unspecified atom stereocenters. The van der Waals surface area contributed by atoms with E-state index in [9.17, 15) is 9.59 Å². The van der Waals surface area contributed by atoms with Crippen molar-refractivity contribution in [1.29, 1.82) is 0 Å². The highest BCUT2D eigenvalue weighted by molar-refractivity contribution is 5.83. The highest BCUT2D eigenvalue weighted by atomic mass is 16.5. The van der Waals surface area contributed by atoms with E-state index in [1.807, 2.05) is 56.3 Å². The van der Waals surface area contributed by atoms with Crippen molar-refractivity contribution < 1.29 is 9.53 Å². The normalized spacial score (nSPS) is 10.7. The van der Waals surface area contributed by atoms with Crippen LogP contribution >= 0.6 is 0 Å². The number of nitrogens with one attached hydrogen (secondary N) is 2. The number of pyridine rings is 1. The molecule has 0 aliphatic carbocycles. The van der Waals surface area contributed by atoms with Crippen LogP contribution in [0.5, 0.6) is 5.75 Å². The number of rotatable bonds is 6. The average molecular weight is 350 g/mol. The molecule has 3 rings (SSSR count). The molecule has 0 saturated carbocycles. The van der Waals surface area contributed by atoms with Gasteiger partial charge in [-0.15, -0.1) is 0 Å². The van der Waals surface area contributed by atoms with E-state index in [0.717, 1.165) is 27.8 Å². The molecule has 134 valence electrons. The van der Waals surface area contributed by atoms with Crippen LogP contribution in [0.1, 0.15) is 23.1 Å². The van der Waals surface area contributed by atoms with Crippen molar-refractivity contribution in [3.63, 3.8) is 0 Å². The SMILES string of the molecule is Cc1cc(C)c2cc(CNC(=O)CCOc3ccccc3)c(=O)[nH]c2c1. The Morgan fingerprint density at radius 2 is 1.88 bits per heavy atom. The largest absolute Gasteiger partial charge is 0.493 e. The van der Waals surface area contributed by atoms with Gasteiger partial charge in [0.15, 0.2) is 0 Å². The first kappa shape index (κ1) is 17.7. The van der Waals surface area contributed by atoms with Crippen molar-refractivity contribution in [3.05, 3.63) is 75.6 Å². The van der Waals surface area contributed by atoms with Gasteiger partial charge in [-0.1, -0.05) is 24.3 Å². The lowest BCUT2D eigenvalue weighted by Crippen LogP contribution is -2.27. The number of aromatic nitrogens is 1. The minimum absolute atomic E-state index is 0.152. The number of hydrogen-bond donors (Lipinski definition) is 2. The van der Waals surface area contributed by atoms with Crippen LogP contribution in [0.2, 0.25) is 0 Å². The predicted octanol–water partition coefficient (Wildman–Crippen LogP) is 3.23. The molecule has 3 aromatic rings. The van der Waals surface area contributed by atoms with Crippen LogP contribution in [-0.4, -0.2) is 17.5 Å². The van der Waals surface area contributed by atoms with Gasteiger partial charge in [0.05, 0.1) is 13.0 Å². The van der Waals surface area contributed by atoms with Gasteiger partial charge in [-0.2, -0.15) is 0 Å². The lowest BCUT2D eigenvalue weighted by Gasteiger charge is -2.09. The summed E-state index contributed by atoms with van der Waals surface area (Å²) in [6.45, 7) is 4.50. The zero-order valence-electron chi connectivity index (χ0n) is 15.0. The van der Waals surface area contributed by atoms with Gasteiger partial charge in [-0.3, -0.25) is 9.59 Å². The summed E-state index contributed by atoms with van der Waals surface area (Å²) in [5.74, 6) is 0.582. The number of hydrogen-bond acceptors (Lipinski definition) is 3. The molecule has 0 aliphatic heterocycles. The summed E-state index contributed by atoms with van der Waals surface area (Å²) in [5.41, 5.74) is 3.38. The molecule has 5 nitrogen and oxygen atoms in total. The molecule has 26 heavy (non-hydrogen) atoms. The zero-order valence-corrected chi connectivity index (χ0v) is 15.0. The summed E-state index contributed by atoms with van der Waals surface area (Å²) in [5, 5.41) is 3.78. The van der Waals surface area contributed by atoms with Crippen LogP contribution in [0, 0.1) is 13.8 Å². The van der Waals surface area contributed by atoms with Gasteiger partial charge in [-0.25, -0.2) is 0 Å². The first-order valence-corrected chi connectivity index (χ1v) is 8.60. The van der Waals surface area contributed by atoms with E-state index in [0.29, 0.717) is 12.2 Å². The molecular formula is C21H22N2O3. The summed E-state index contributed by atoms with van der Waals surface area (Å²) in [7, 11) is 0. The lowest BCUT2D eigenvalue weighted by atomic mass is 10.0. The Morgan fingerprint density at radius 3 is 2.65 bits per heavy atom. The van der Waals surface area contributed by atoms with Crippen LogP contribution in [0.25, 0.3) is 10.9 Å². The van der Waals surface area contributed by atoms with E-state index < -0.39 is 0 Å². The molecular weight excluding hydrogens is 328 g/mol. The standard InChI is InChI=1S/C21H22N2O3/c1-14-10-15(2)18-12-16(21(25)23-19(18)11-14)13-22-20(24)8-9-26-17-6-4-3-5-7-17/h3-7,10-12H,8-9,13H2,1-2H3,(H,22,24)(H,23,25). The molecule has 1 aromatic heterocycles. The van der Waals surface area contributed by atoms with Gasteiger partial charge in [0.1, 0.15) is 5.75 Å². The van der Waals surface area contributed by atoms with Crippen LogP contribution in [0.3, 0.4) is 0 Å². The monoisotopic (exact) mass is 350 g/mol. The fraction of sp³-hybridized carbons (Fsp3) is 0.238. The smallest absolute Gasteiger partial charge is 0.253 e. The van der Waals surface area contributed by atoms with Gasteiger partial charge >= 0.3 is 0 Å². The number of ether oxygens (including phenoxy) is 1. The number of fused-ring (bicyclic) bond motifs is 1. The highest BCUT2D eigenvalue weighted by Crippen LogP contribution is 2.18. The van der Waals surface area contributed by atoms with Gasteiger partial charge in [0.2, 0.25) is 5.91 Å². The van der Waals surface area contributed by atoms with E-state index in [4.69, 9.17) is 4.74 Å². The van der Waals surface area contributed by atoms with E-state index in [-0.39, 0.29) is 24.4 Å². The first-order valence-electron chi connectivity index (χ1n) is 8.60. The van der Waals surface area contributed by atoms with Crippen molar-refractivity contribution in [2.75, 3.05) is 6.61 Å². The molecule has 5 heteroatoms. The first-order chi connectivity index (χ1) is 12.5. The molecule has 0 spiro atoms. The second kappa shape index (κ2) is 7.87. The molecule has 0 fully saturated rings. The fourth-order valence-corrected chi connectivity index (χ4v) is 2.91. The van der Waals surface area contributed by atoms with E-state index >= 15 is 0 Å². The second-order valence-corrected chi connectivity index (χ2v) is 6.35. The molecule has 0 atom stereocenters. The van der Waals surface area contributed by atoms with Gasteiger partial charge in [-0.05, 0) is 49.2 Å². The fourth-order valence-electron chi connectivity index (χ4n) is 2.91. The number of aryl methyl sites for hydroxylation is 2. The molecule has 1 amide bonds. The molecule has 0 radical (unpaired) electrons. The van der Waals surface area contributed by atoms with Crippen LogP contribution in [-0.2, 0) is 11.3 Å². The maximum atomic E-state index is 12.2.